The first-order valence-electron chi connectivity index (χ1n) is 8.98. The number of nitrogens with zero attached hydrogens (tertiary/aromatic N) is 2. The summed E-state index contributed by atoms with van der Waals surface area (Å²) in [5.41, 5.74) is 3.87. The third-order valence-corrected chi connectivity index (χ3v) is 5.21. The lowest BCUT2D eigenvalue weighted by atomic mass is 10.1. The van der Waals surface area contributed by atoms with E-state index in [1.54, 1.807) is 12.1 Å². The lowest BCUT2D eigenvalue weighted by Gasteiger charge is -2.19. The fourth-order valence-corrected chi connectivity index (χ4v) is 3.42. The van der Waals surface area contributed by atoms with Crippen molar-refractivity contribution in [2.45, 2.75) is 46.2 Å². The number of aryl methyl sites for hydroxylation is 1. The van der Waals surface area contributed by atoms with Gasteiger partial charge in [-0.15, -0.1) is 0 Å². The number of amides is 1. The van der Waals surface area contributed by atoms with Gasteiger partial charge in [0.15, 0.2) is 0 Å². The van der Waals surface area contributed by atoms with Gasteiger partial charge in [0.25, 0.3) is 0 Å². The van der Waals surface area contributed by atoms with Gasteiger partial charge in [-0.05, 0) is 45.4 Å². The zero-order valence-corrected chi connectivity index (χ0v) is 17.4. The SMILES string of the molecule is Cc1ccc(Cc2nc3cc(Cl)c(Cl)cc3n2[C@H](C)C(=O)NC(C)C)cc1. The van der Waals surface area contributed by atoms with Gasteiger partial charge in [-0.3, -0.25) is 4.79 Å². The molecule has 0 bridgehead atoms. The number of hydrogen-bond donors (Lipinski definition) is 1. The fourth-order valence-electron chi connectivity index (χ4n) is 3.11. The first-order valence-corrected chi connectivity index (χ1v) is 9.73. The van der Waals surface area contributed by atoms with Gasteiger partial charge in [0.2, 0.25) is 5.91 Å². The smallest absolute Gasteiger partial charge is 0.243 e. The van der Waals surface area contributed by atoms with Gasteiger partial charge in [-0.25, -0.2) is 4.98 Å². The second kappa shape index (κ2) is 7.91. The predicted molar refractivity (Wildman–Crippen MR) is 112 cm³/mol. The van der Waals surface area contributed by atoms with Crippen LogP contribution in [0.15, 0.2) is 36.4 Å². The molecule has 3 rings (SSSR count). The molecule has 27 heavy (non-hydrogen) atoms. The van der Waals surface area contributed by atoms with E-state index in [-0.39, 0.29) is 11.9 Å². The van der Waals surface area contributed by atoms with Gasteiger partial charge in [0.1, 0.15) is 11.9 Å². The number of halogens is 2. The molecule has 2 aromatic carbocycles. The molecule has 0 aliphatic rings. The molecule has 4 nitrogen and oxygen atoms in total. The minimum atomic E-state index is -0.421. The Bertz CT molecular complexity index is 977. The molecule has 142 valence electrons. The molecular weight excluding hydrogens is 381 g/mol. The third-order valence-electron chi connectivity index (χ3n) is 4.49. The topological polar surface area (TPSA) is 46.9 Å². The normalized spacial score (nSPS) is 12.6. The van der Waals surface area contributed by atoms with E-state index in [0.29, 0.717) is 16.5 Å². The average molecular weight is 404 g/mol. The van der Waals surface area contributed by atoms with E-state index in [1.165, 1.54) is 5.56 Å². The van der Waals surface area contributed by atoms with Gasteiger partial charge in [0.05, 0.1) is 21.1 Å². The average Bonchev–Trinajstić information content (AvgIpc) is 2.92. The lowest BCUT2D eigenvalue weighted by molar-refractivity contribution is -0.124. The molecule has 0 fully saturated rings. The number of nitrogens with one attached hydrogen (secondary N) is 1. The van der Waals surface area contributed by atoms with Crippen molar-refractivity contribution in [2.75, 3.05) is 0 Å². The summed E-state index contributed by atoms with van der Waals surface area (Å²) in [5, 5.41) is 3.87. The summed E-state index contributed by atoms with van der Waals surface area (Å²) in [4.78, 5) is 17.4. The Morgan fingerprint density at radius 3 is 2.37 bits per heavy atom. The summed E-state index contributed by atoms with van der Waals surface area (Å²) < 4.78 is 1.95. The molecule has 1 amide bonds. The Hall–Kier alpha value is -2.04. The number of imidazole rings is 1. The second-order valence-corrected chi connectivity index (χ2v) is 7.97. The molecule has 0 spiro atoms. The minimum absolute atomic E-state index is 0.0551. The summed E-state index contributed by atoms with van der Waals surface area (Å²) in [6.07, 6.45) is 0.615. The summed E-state index contributed by atoms with van der Waals surface area (Å²) in [6.45, 7) is 7.82. The maximum absolute atomic E-state index is 12.7. The van der Waals surface area contributed by atoms with Gasteiger partial charge in [-0.2, -0.15) is 0 Å². The highest BCUT2D eigenvalue weighted by Gasteiger charge is 2.23. The number of benzene rings is 2. The van der Waals surface area contributed by atoms with Crippen LogP contribution in [0.4, 0.5) is 0 Å². The molecule has 1 N–H and O–H groups in total. The zero-order chi connectivity index (χ0) is 19.7. The van der Waals surface area contributed by atoms with Crippen LogP contribution < -0.4 is 5.32 Å². The van der Waals surface area contributed by atoms with Crippen molar-refractivity contribution in [3.63, 3.8) is 0 Å². The molecule has 1 heterocycles. The van der Waals surface area contributed by atoms with Crippen LogP contribution in [0.25, 0.3) is 11.0 Å². The van der Waals surface area contributed by atoms with Crippen LogP contribution in [0.5, 0.6) is 0 Å². The van der Waals surface area contributed by atoms with Gasteiger partial charge < -0.3 is 9.88 Å². The highest BCUT2D eigenvalue weighted by Crippen LogP contribution is 2.31. The van der Waals surface area contributed by atoms with Crippen LogP contribution in [-0.2, 0) is 11.2 Å². The molecule has 0 aliphatic carbocycles. The van der Waals surface area contributed by atoms with Crippen LogP contribution in [0, 0.1) is 6.92 Å². The molecule has 3 aromatic rings. The van der Waals surface area contributed by atoms with Crippen LogP contribution in [0.3, 0.4) is 0 Å². The van der Waals surface area contributed by atoms with Crippen LogP contribution >= 0.6 is 23.2 Å². The van der Waals surface area contributed by atoms with Crippen molar-refractivity contribution in [1.29, 1.82) is 0 Å². The number of aromatic nitrogens is 2. The molecule has 0 radical (unpaired) electrons. The Kier molecular flexibility index (Phi) is 5.78. The molecule has 0 unspecified atom stereocenters. The molecule has 1 atom stereocenters. The van der Waals surface area contributed by atoms with E-state index in [0.717, 1.165) is 22.4 Å². The first-order chi connectivity index (χ1) is 12.8. The van der Waals surface area contributed by atoms with Crippen molar-refractivity contribution in [2.24, 2.45) is 0 Å². The quantitative estimate of drug-likeness (QED) is 0.625. The molecule has 6 heteroatoms. The van der Waals surface area contributed by atoms with Crippen molar-refractivity contribution in [3.05, 3.63) is 63.4 Å². The van der Waals surface area contributed by atoms with E-state index in [4.69, 9.17) is 28.2 Å². The molecule has 0 aliphatic heterocycles. The maximum atomic E-state index is 12.7. The third kappa shape index (κ3) is 4.28. The maximum Gasteiger partial charge on any atom is 0.243 e. The monoisotopic (exact) mass is 403 g/mol. The molecule has 0 saturated heterocycles. The minimum Gasteiger partial charge on any atom is -0.352 e. The van der Waals surface area contributed by atoms with E-state index in [1.807, 2.05) is 25.3 Å². The zero-order valence-electron chi connectivity index (χ0n) is 15.9. The van der Waals surface area contributed by atoms with Crippen molar-refractivity contribution in [3.8, 4) is 0 Å². The summed E-state index contributed by atoms with van der Waals surface area (Å²) in [5.74, 6) is 0.749. The largest absolute Gasteiger partial charge is 0.352 e. The number of carbonyl (C=O) groups excluding carboxylic acids is 1. The van der Waals surface area contributed by atoms with Crippen molar-refractivity contribution < 1.29 is 4.79 Å². The number of rotatable bonds is 5. The fraction of sp³-hybridized carbons (Fsp3) is 0.333. The number of carbonyl (C=O) groups is 1. The van der Waals surface area contributed by atoms with E-state index in [9.17, 15) is 4.79 Å². The highest BCUT2D eigenvalue weighted by atomic mass is 35.5. The predicted octanol–water partition coefficient (Wildman–Crippen LogP) is 5.33. The van der Waals surface area contributed by atoms with E-state index in [2.05, 4.69) is 36.5 Å². The van der Waals surface area contributed by atoms with Crippen LogP contribution in [0.1, 0.15) is 43.8 Å². The second-order valence-electron chi connectivity index (χ2n) is 7.15. The van der Waals surface area contributed by atoms with Crippen molar-refractivity contribution >= 4 is 40.1 Å². The van der Waals surface area contributed by atoms with E-state index < -0.39 is 6.04 Å². The van der Waals surface area contributed by atoms with Gasteiger partial charge >= 0.3 is 0 Å². The number of hydrogen-bond acceptors (Lipinski definition) is 2. The summed E-state index contributed by atoms with van der Waals surface area (Å²) >= 11 is 12.4. The summed E-state index contributed by atoms with van der Waals surface area (Å²) in [6, 6.07) is 11.5. The van der Waals surface area contributed by atoms with Crippen LogP contribution in [-0.4, -0.2) is 21.5 Å². The summed E-state index contributed by atoms with van der Waals surface area (Å²) in [7, 11) is 0. The highest BCUT2D eigenvalue weighted by molar-refractivity contribution is 6.42. The standard InChI is InChI=1S/C21H23Cl2N3O/c1-12(2)24-21(27)14(4)26-19-11-17(23)16(22)10-18(19)25-20(26)9-15-7-5-13(3)6-8-15/h5-8,10-12,14H,9H2,1-4H3,(H,24,27)/t14-/m1/s1. The van der Waals surface area contributed by atoms with Crippen LogP contribution in [0.2, 0.25) is 10.0 Å². The Morgan fingerprint density at radius 1 is 1.11 bits per heavy atom. The Labute approximate surface area is 169 Å². The van der Waals surface area contributed by atoms with Gasteiger partial charge in [-0.1, -0.05) is 53.0 Å². The van der Waals surface area contributed by atoms with Crippen molar-refractivity contribution in [1.82, 2.24) is 14.9 Å². The van der Waals surface area contributed by atoms with Gasteiger partial charge in [0, 0.05) is 12.5 Å². The lowest BCUT2D eigenvalue weighted by Crippen LogP contribution is -2.36. The molecule has 1 aromatic heterocycles. The first kappa shape index (κ1) is 19.7. The van der Waals surface area contributed by atoms with E-state index >= 15 is 0 Å². The molecular formula is C21H23Cl2N3O. The molecule has 0 saturated carbocycles. The Balaban J connectivity index is 2.10. The Morgan fingerprint density at radius 2 is 1.74 bits per heavy atom. The number of fused-ring (bicyclic) bond motifs is 1.